The highest BCUT2D eigenvalue weighted by Crippen LogP contribution is 2.22. The van der Waals surface area contributed by atoms with Crippen molar-refractivity contribution in [2.45, 2.75) is 115 Å². The number of aliphatic hydroxyl groups is 3. The van der Waals surface area contributed by atoms with Gasteiger partial charge in [-0.1, -0.05) is 84.5 Å². The molecule has 1 aliphatic heterocycles. The topological polar surface area (TPSA) is 99.0 Å². The first-order valence-corrected chi connectivity index (χ1v) is 11.4. The van der Waals surface area contributed by atoms with E-state index in [1.807, 2.05) is 0 Å². The van der Waals surface area contributed by atoms with Crippen molar-refractivity contribution in [3.63, 3.8) is 0 Å². The van der Waals surface area contributed by atoms with Crippen LogP contribution in [0.3, 0.4) is 0 Å². The van der Waals surface area contributed by atoms with Crippen molar-refractivity contribution in [2.24, 2.45) is 5.92 Å². The van der Waals surface area contributed by atoms with Crippen LogP contribution in [0.15, 0.2) is 0 Å². The number of hydrogen-bond donors (Lipinski definition) is 4. The largest absolute Gasteiger partial charge is 0.388 e. The number of ether oxygens (including phenoxy) is 1. The minimum Gasteiger partial charge on any atom is -0.388 e. The second kappa shape index (κ2) is 15.2. The molecule has 1 amide bonds. The Balaban J connectivity index is 1.99. The molecule has 4 N–H and O–H groups in total. The van der Waals surface area contributed by atoms with Gasteiger partial charge in [-0.25, -0.2) is 0 Å². The molecule has 1 rings (SSSR count). The predicted octanol–water partition coefficient (Wildman–Crippen LogP) is 2.92. The molecule has 2 unspecified atom stereocenters. The van der Waals surface area contributed by atoms with E-state index in [0.29, 0.717) is 6.54 Å². The lowest BCUT2D eigenvalue weighted by Crippen LogP contribution is -2.56. The maximum atomic E-state index is 12.2. The maximum Gasteiger partial charge on any atom is 0.225 e. The summed E-state index contributed by atoms with van der Waals surface area (Å²) in [5.41, 5.74) is 0. The molecular weight excluding hydrogens is 358 g/mol. The van der Waals surface area contributed by atoms with Crippen LogP contribution in [0.5, 0.6) is 0 Å². The number of hydrogen-bond acceptors (Lipinski definition) is 5. The lowest BCUT2D eigenvalue weighted by molar-refractivity contribution is -0.200. The van der Waals surface area contributed by atoms with Gasteiger partial charge in [0.1, 0.15) is 18.3 Å². The highest BCUT2D eigenvalue weighted by molar-refractivity contribution is 5.78. The SMILES string of the molecule is CCCCCCCCCCCCCCNC(=O)C(C)C1OC[C@@H](O)[C@H](O)[C@H]1O. The second-order valence-electron chi connectivity index (χ2n) is 8.32. The van der Waals surface area contributed by atoms with Crippen LogP contribution in [-0.2, 0) is 9.53 Å². The summed E-state index contributed by atoms with van der Waals surface area (Å²) in [4.78, 5) is 12.2. The zero-order valence-electron chi connectivity index (χ0n) is 17.9. The van der Waals surface area contributed by atoms with Crippen LogP contribution in [0.1, 0.15) is 90.9 Å². The second-order valence-corrected chi connectivity index (χ2v) is 8.32. The lowest BCUT2D eigenvalue weighted by Gasteiger charge is -2.37. The smallest absolute Gasteiger partial charge is 0.225 e. The summed E-state index contributed by atoms with van der Waals surface area (Å²) >= 11 is 0. The molecule has 1 aliphatic rings. The van der Waals surface area contributed by atoms with Crippen LogP contribution >= 0.6 is 0 Å². The Morgan fingerprint density at radius 3 is 1.93 bits per heavy atom. The lowest BCUT2D eigenvalue weighted by atomic mass is 9.91. The number of amides is 1. The summed E-state index contributed by atoms with van der Waals surface area (Å²) in [6.45, 7) is 4.47. The molecule has 0 aromatic rings. The first-order valence-electron chi connectivity index (χ1n) is 11.4. The van der Waals surface area contributed by atoms with Crippen LogP contribution in [0, 0.1) is 5.92 Å². The normalized spacial score (nSPS) is 26.2. The van der Waals surface area contributed by atoms with Crippen LogP contribution in [-0.4, -0.2) is 58.8 Å². The minimum atomic E-state index is -1.27. The zero-order chi connectivity index (χ0) is 20.8. The molecule has 5 atom stereocenters. The molecule has 28 heavy (non-hydrogen) atoms. The van der Waals surface area contributed by atoms with Gasteiger partial charge in [0.2, 0.25) is 5.91 Å². The Kier molecular flexibility index (Phi) is 13.8. The third-order valence-electron chi connectivity index (χ3n) is 5.78. The van der Waals surface area contributed by atoms with Crippen LogP contribution < -0.4 is 5.32 Å². The molecule has 0 spiro atoms. The molecular formula is C22H43NO5. The predicted molar refractivity (Wildman–Crippen MR) is 111 cm³/mol. The molecule has 1 heterocycles. The van der Waals surface area contributed by atoms with Gasteiger partial charge in [-0.3, -0.25) is 4.79 Å². The van der Waals surface area contributed by atoms with Crippen molar-refractivity contribution in [1.29, 1.82) is 0 Å². The van der Waals surface area contributed by atoms with E-state index < -0.39 is 30.3 Å². The maximum absolute atomic E-state index is 12.2. The van der Waals surface area contributed by atoms with E-state index in [0.717, 1.165) is 12.8 Å². The summed E-state index contributed by atoms with van der Waals surface area (Å²) in [7, 11) is 0. The number of rotatable bonds is 15. The molecule has 1 fully saturated rings. The number of carbonyl (C=O) groups is 1. The van der Waals surface area contributed by atoms with Gasteiger partial charge in [0.15, 0.2) is 0 Å². The van der Waals surface area contributed by atoms with Crippen molar-refractivity contribution in [2.75, 3.05) is 13.2 Å². The Morgan fingerprint density at radius 1 is 0.893 bits per heavy atom. The van der Waals surface area contributed by atoms with Gasteiger partial charge in [0.05, 0.1) is 18.6 Å². The van der Waals surface area contributed by atoms with Crippen molar-refractivity contribution >= 4 is 5.91 Å². The average molecular weight is 402 g/mol. The third kappa shape index (κ3) is 9.68. The van der Waals surface area contributed by atoms with Crippen LogP contribution in [0.2, 0.25) is 0 Å². The van der Waals surface area contributed by atoms with Crippen LogP contribution in [0.25, 0.3) is 0 Å². The number of nitrogens with one attached hydrogen (secondary N) is 1. The van der Waals surface area contributed by atoms with Crippen molar-refractivity contribution in [3.05, 3.63) is 0 Å². The van der Waals surface area contributed by atoms with E-state index in [-0.39, 0.29) is 12.5 Å². The molecule has 166 valence electrons. The highest BCUT2D eigenvalue weighted by Gasteiger charge is 2.42. The molecule has 0 radical (unpaired) electrons. The molecule has 6 nitrogen and oxygen atoms in total. The zero-order valence-corrected chi connectivity index (χ0v) is 17.9. The molecule has 0 saturated carbocycles. The first-order chi connectivity index (χ1) is 13.5. The Hall–Kier alpha value is -0.690. The highest BCUT2D eigenvalue weighted by atomic mass is 16.5. The molecule has 0 aromatic heterocycles. The molecule has 0 bridgehead atoms. The van der Waals surface area contributed by atoms with Crippen molar-refractivity contribution < 1.29 is 24.9 Å². The third-order valence-corrected chi connectivity index (χ3v) is 5.78. The van der Waals surface area contributed by atoms with Crippen LogP contribution in [0.4, 0.5) is 0 Å². The number of carbonyl (C=O) groups excluding carboxylic acids is 1. The van der Waals surface area contributed by atoms with E-state index in [1.165, 1.54) is 64.2 Å². The van der Waals surface area contributed by atoms with Gasteiger partial charge in [0.25, 0.3) is 0 Å². The fourth-order valence-corrected chi connectivity index (χ4v) is 3.76. The Morgan fingerprint density at radius 2 is 1.39 bits per heavy atom. The van der Waals surface area contributed by atoms with Gasteiger partial charge in [-0.2, -0.15) is 0 Å². The number of aliphatic hydroxyl groups excluding tert-OH is 3. The van der Waals surface area contributed by atoms with Crippen molar-refractivity contribution in [3.8, 4) is 0 Å². The first kappa shape index (κ1) is 25.3. The van der Waals surface area contributed by atoms with Gasteiger partial charge in [-0.15, -0.1) is 0 Å². The van der Waals surface area contributed by atoms with Gasteiger partial charge < -0.3 is 25.4 Å². The van der Waals surface area contributed by atoms with Gasteiger partial charge in [0, 0.05) is 6.54 Å². The van der Waals surface area contributed by atoms with E-state index in [2.05, 4.69) is 12.2 Å². The molecule has 1 saturated heterocycles. The minimum absolute atomic E-state index is 0.0702. The monoisotopic (exact) mass is 401 g/mol. The molecule has 0 aromatic carbocycles. The van der Waals surface area contributed by atoms with E-state index in [4.69, 9.17) is 4.74 Å². The molecule has 6 heteroatoms. The van der Waals surface area contributed by atoms with Gasteiger partial charge >= 0.3 is 0 Å². The fourth-order valence-electron chi connectivity index (χ4n) is 3.76. The van der Waals surface area contributed by atoms with E-state index in [1.54, 1.807) is 6.92 Å². The Labute approximate surface area is 171 Å². The summed E-state index contributed by atoms with van der Waals surface area (Å²) in [5, 5.41) is 32.1. The summed E-state index contributed by atoms with van der Waals surface area (Å²) in [5.74, 6) is -0.759. The Bertz CT molecular complexity index is 406. The van der Waals surface area contributed by atoms with Gasteiger partial charge in [-0.05, 0) is 6.42 Å². The number of unbranched alkanes of at least 4 members (excludes halogenated alkanes) is 11. The summed E-state index contributed by atoms with van der Waals surface area (Å²) < 4.78 is 5.35. The van der Waals surface area contributed by atoms with E-state index >= 15 is 0 Å². The molecule has 0 aliphatic carbocycles. The van der Waals surface area contributed by atoms with E-state index in [9.17, 15) is 20.1 Å². The summed E-state index contributed by atoms with van der Waals surface area (Å²) in [6, 6.07) is 0. The van der Waals surface area contributed by atoms with Crippen molar-refractivity contribution in [1.82, 2.24) is 5.32 Å². The standard InChI is InChI=1S/C22H43NO5/c1-3-4-5-6-7-8-9-10-11-12-13-14-15-23-22(27)17(2)21-20(26)19(25)18(24)16-28-21/h17-21,24-26H,3-16H2,1-2H3,(H,23,27)/t17?,18-,19+,20-,21?/m1/s1. The quantitative estimate of drug-likeness (QED) is 0.316. The summed E-state index contributed by atoms with van der Waals surface area (Å²) in [6.07, 6.45) is 10.9. The fraction of sp³-hybridized carbons (Fsp3) is 0.955. The average Bonchev–Trinajstić information content (AvgIpc) is 2.69.